The van der Waals surface area contributed by atoms with Crippen LogP contribution < -0.4 is 0 Å². The van der Waals surface area contributed by atoms with Crippen molar-refractivity contribution >= 4 is 17.4 Å². The Hall–Kier alpha value is 2.48. The van der Waals surface area contributed by atoms with E-state index in [0.29, 0.717) is 0 Å². The SMILES string of the molecule is [AlH3].[Ni].[Ta].[Ti]. The molecule has 4 heteroatoms. The van der Waals surface area contributed by atoms with Crippen molar-refractivity contribution in [3.05, 3.63) is 0 Å². The quantitative estimate of drug-likeness (QED) is 0.493. The zero-order chi connectivity index (χ0) is 0. The molecule has 0 aliphatic heterocycles. The van der Waals surface area contributed by atoms with E-state index >= 15 is 0 Å². The van der Waals surface area contributed by atoms with Crippen LogP contribution in [0.3, 0.4) is 0 Å². The summed E-state index contributed by atoms with van der Waals surface area (Å²) in [5.41, 5.74) is 0. The second-order valence-corrected chi connectivity index (χ2v) is 0. The van der Waals surface area contributed by atoms with E-state index in [9.17, 15) is 0 Å². The van der Waals surface area contributed by atoms with Crippen molar-refractivity contribution < 1.29 is 60.6 Å². The van der Waals surface area contributed by atoms with Gasteiger partial charge in [0.2, 0.25) is 0 Å². The maximum Gasteiger partial charge on any atom is 0.187 e. The Bertz CT molecular complexity index is 8.00. The summed E-state index contributed by atoms with van der Waals surface area (Å²) in [5, 5.41) is 0. The summed E-state index contributed by atoms with van der Waals surface area (Å²) >= 11 is 0. The zero-order valence-electron chi connectivity index (χ0n) is 1.26. The number of rotatable bonds is 0. The van der Waals surface area contributed by atoms with Gasteiger partial charge in [0.25, 0.3) is 0 Å². The van der Waals surface area contributed by atoms with Gasteiger partial charge in [-0.05, 0) is 0 Å². The van der Waals surface area contributed by atoms with Crippen LogP contribution in [-0.4, -0.2) is 17.4 Å². The van der Waals surface area contributed by atoms with Crippen molar-refractivity contribution in [2.45, 2.75) is 0 Å². The maximum atomic E-state index is 0. The monoisotopic (exact) mass is 317 g/mol. The number of hydrogen-bond donors (Lipinski definition) is 0. The summed E-state index contributed by atoms with van der Waals surface area (Å²) in [6, 6.07) is 0. The van der Waals surface area contributed by atoms with Crippen molar-refractivity contribution in [1.29, 1.82) is 0 Å². The number of hydrogen-bond acceptors (Lipinski definition) is 0. The minimum absolute atomic E-state index is 0. The Morgan fingerprint density at radius 2 is 1.00 bits per heavy atom. The second-order valence-electron chi connectivity index (χ2n) is 0. The Balaban J connectivity index is 0. The molecule has 0 saturated heterocycles. The summed E-state index contributed by atoms with van der Waals surface area (Å²) in [6.45, 7) is 0. The Morgan fingerprint density at radius 1 is 1.00 bits per heavy atom. The molecule has 0 atom stereocenters. The van der Waals surface area contributed by atoms with Crippen molar-refractivity contribution in [3.63, 3.8) is 0 Å². The fraction of sp³-hybridized carbons (Fsp3) is 0. The molecule has 0 heterocycles. The van der Waals surface area contributed by atoms with Gasteiger partial charge in [0.1, 0.15) is 0 Å². The molecule has 25 valence electrons. The van der Waals surface area contributed by atoms with Crippen LogP contribution in [0.5, 0.6) is 0 Å². The third-order valence-electron chi connectivity index (χ3n) is 0. The molecule has 4 heavy (non-hydrogen) atoms. The van der Waals surface area contributed by atoms with Crippen molar-refractivity contribution in [1.82, 2.24) is 0 Å². The van der Waals surface area contributed by atoms with E-state index in [0.717, 1.165) is 0 Å². The second kappa shape index (κ2) is 17.9. The first-order valence-electron chi connectivity index (χ1n) is 0. The third-order valence-corrected chi connectivity index (χ3v) is 0. The van der Waals surface area contributed by atoms with Crippen molar-refractivity contribution in [3.8, 4) is 0 Å². The van der Waals surface area contributed by atoms with Gasteiger partial charge in [0, 0.05) is 60.6 Å². The average Bonchev–Trinajstić information content (AvgIpc) is 0. The van der Waals surface area contributed by atoms with E-state index < -0.39 is 0 Å². The summed E-state index contributed by atoms with van der Waals surface area (Å²) in [4.78, 5) is 0. The molecule has 0 aromatic rings. The van der Waals surface area contributed by atoms with Crippen molar-refractivity contribution in [2.24, 2.45) is 0 Å². The van der Waals surface area contributed by atoms with E-state index in [1.165, 1.54) is 0 Å². The van der Waals surface area contributed by atoms with Crippen LogP contribution in [-0.2, 0) is 60.6 Å². The first kappa shape index (κ1) is 31.6. The molecule has 0 nitrogen and oxygen atoms in total. The summed E-state index contributed by atoms with van der Waals surface area (Å²) in [5.74, 6) is 0. The van der Waals surface area contributed by atoms with Gasteiger partial charge in [-0.2, -0.15) is 0 Å². The molecular weight excluding hydrogens is 314 g/mol. The zero-order valence-corrected chi connectivity index (χ0v) is 7.03. The standard InChI is InChI=1S/Al.Ni.Ta.Ti.3H. The van der Waals surface area contributed by atoms with Gasteiger partial charge in [-0.1, -0.05) is 0 Å². The van der Waals surface area contributed by atoms with Gasteiger partial charge in [0.15, 0.2) is 17.4 Å². The molecule has 0 unspecified atom stereocenters. The minimum Gasteiger partial charge on any atom is 0 e. The van der Waals surface area contributed by atoms with Crippen LogP contribution in [0.4, 0.5) is 0 Å². The maximum absolute atomic E-state index is 0. The van der Waals surface area contributed by atoms with Gasteiger partial charge < -0.3 is 0 Å². The molecule has 0 aromatic carbocycles. The molecule has 0 saturated carbocycles. The normalized spacial score (nSPS) is 0. The van der Waals surface area contributed by atoms with E-state index in [1.807, 2.05) is 0 Å². The van der Waals surface area contributed by atoms with Crippen LogP contribution in [0.1, 0.15) is 0 Å². The van der Waals surface area contributed by atoms with Crippen LogP contribution in [0.2, 0.25) is 0 Å². The third kappa shape index (κ3) is 8.82. The molecule has 0 fully saturated rings. The molecule has 0 spiro atoms. The first-order valence-corrected chi connectivity index (χ1v) is 0. The van der Waals surface area contributed by atoms with E-state index in [-0.39, 0.29) is 78.0 Å². The van der Waals surface area contributed by atoms with Crippen LogP contribution in [0, 0.1) is 0 Å². The molecule has 0 aromatic heterocycles. The predicted molar refractivity (Wildman–Crippen MR) is 9.94 cm³/mol. The van der Waals surface area contributed by atoms with Gasteiger partial charge in [-0.25, -0.2) is 0 Å². The summed E-state index contributed by atoms with van der Waals surface area (Å²) in [6.07, 6.45) is 0. The van der Waals surface area contributed by atoms with E-state index in [1.54, 1.807) is 0 Å². The Kier molecular flexibility index (Phi) is 141. The molecule has 1 radical (unpaired) electrons. The Morgan fingerprint density at radius 3 is 1.00 bits per heavy atom. The molecule has 0 N–H and O–H groups in total. The molecule has 0 amide bonds. The van der Waals surface area contributed by atoms with E-state index in [2.05, 4.69) is 0 Å². The van der Waals surface area contributed by atoms with E-state index in [4.69, 9.17) is 0 Å². The van der Waals surface area contributed by atoms with Gasteiger partial charge in [0.05, 0.1) is 0 Å². The fourth-order valence-electron chi connectivity index (χ4n) is 0. The van der Waals surface area contributed by atoms with Gasteiger partial charge in [-0.15, -0.1) is 0 Å². The van der Waals surface area contributed by atoms with Gasteiger partial charge in [-0.3, -0.25) is 0 Å². The Labute approximate surface area is 76.9 Å². The van der Waals surface area contributed by atoms with Crippen LogP contribution in [0.15, 0.2) is 0 Å². The topological polar surface area (TPSA) is 0 Å². The molecular formula is H3AlNiTaTi. The fourth-order valence-corrected chi connectivity index (χ4v) is 0. The van der Waals surface area contributed by atoms with Crippen LogP contribution >= 0.6 is 0 Å². The molecule has 0 bridgehead atoms. The molecule has 0 aliphatic carbocycles. The molecule has 0 rings (SSSR count). The minimum atomic E-state index is 0. The molecule has 0 aliphatic rings. The smallest absolute Gasteiger partial charge is 0 e. The summed E-state index contributed by atoms with van der Waals surface area (Å²) < 4.78 is 0. The summed E-state index contributed by atoms with van der Waals surface area (Å²) in [7, 11) is 0. The largest absolute Gasteiger partial charge is 0.187 e. The first-order chi connectivity index (χ1) is 0. The predicted octanol–water partition coefficient (Wildman–Crippen LogP) is -1.19. The van der Waals surface area contributed by atoms with Crippen LogP contribution in [0.25, 0.3) is 0 Å². The average molecular weight is 318 g/mol. The van der Waals surface area contributed by atoms with Crippen molar-refractivity contribution in [2.75, 3.05) is 0 Å². The van der Waals surface area contributed by atoms with Gasteiger partial charge >= 0.3 is 0 Å².